The quantitative estimate of drug-likeness (QED) is 0.571. The molecule has 0 N–H and O–H groups in total. The van der Waals surface area contributed by atoms with Crippen LogP contribution in [0, 0.1) is 12.7 Å². The van der Waals surface area contributed by atoms with Gasteiger partial charge in [-0.15, -0.1) is 17.5 Å². The van der Waals surface area contributed by atoms with Gasteiger partial charge in [-0.25, -0.2) is 9.07 Å². The molecular weight excluding hydrogens is 441 g/mol. The lowest BCUT2D eigenvalue weighted by Gasteiger charge is -2.30. The lowest BCUT2D eigenvalue weighted by molar-refractivity contribution is 0.0717. The highest BCUT2D eigenvalue weighted by Gasteiger charge is 2.26. The van der Waals surface area contributed by atoms with Crippen LogP contribution in [-0.4, -0.2) is 50.3 Å². The highest BCUT2D eigenvalue weighted by Crippen LogP contribution is 2.27. The minimum atomic E-state index is -0.196. The zero-order valence-corrected chi connectivity index (χ0v) is 19.7. The Morgan fingerprint density at radius 1 is 1.06 bits per heavy atom. The number of halogens is 2. The number of piperidine rings is 1. The SMILES string of the molecule is Cc1c(C(=O)N2CCCCC2)nnn1-c1cccc2c1CCN(Cc1cccc(F)c1)C2.Cl. The Labute approximate surface area is 199 Å². The van der Waals surface area contributed by atoms with Crippen molar-refractivity contribution in [1.82, 2.24) is 24.8 Å². The van der Waals surface area contributed by atoms with Crippen LogP contribution in [0.1, 0.15) is 52.1 Å². The minimum Gasteiger partial charge on any atom is -0.337 e. The molecule has 174 valence electrons. The van der Waals surface area contributed by atoms with E-state index in [1.165, 1.54) is 23.6 Å². The number of hydrogen-bond donors (Lipinski definition) is 0. The Balaban J connectivity index is 0.00000259. The van der Waals surface area contributed by atoms with Gasteiger partial charge in [0, 0.05) is 32.7 Å². The predicted molar refractivity (Wildman–Crippen MR) is 127 cm³/mol. The average Bonchev–Trinajstić information content (AvgIpc) is 3.19. The Morgan fingerprint density at radius 2 is 1.85 bits per heavy atom. The second kappa shape index (κ2) is 10.0. The maximum Gasteiger partial charge on any atom is 0.276 e. The summed E-state index contributed by atoms with van der Waals surface area (Å²) in [7, 11) is 0. The highest BCUT2D eigenvalue weighted by molar-refractivity contribution is 5.93. The van der Waals surface area contributed by atoms with Crippen molar-refractivity contribution in [3.8, 4) is 5.69 Å². The lowest BCUT2D eigenvalue weighted by atomic mass is 9.97. The number of nitrogens with zero attached hydrogens (tertiary/aromatic N) is 5. The van der Waals surface area contributed by atoms with Gasteiger partial charge in [0.1, 0.15) is 5.82 Å². The molecule has 1 fully saturated rings. The standard InChI is InChI=1S/C25H28FN5O.ClH/c1-18-24(25(32)30-12-3-2-4-13-30)27-28-31(18)23-10-6-8-20-17-29(14-11-22(20)23)16-19-7-5-9-21(26)15-19;/h5-10,15H,2-4,11-14,16-17H2,1H3;1H. The van der Waals surface area contributed by atoms with Crippen molar-refractivity contribution in [3.05, 3.63) is 76.4 Å². The zero-order chi connectivity index (χ0) is 22.1. The first-order chi connectivity index (χ1) is 15.6. The number of likely N-dealkylation sites (tertiary alicyclic amines) is 1. The van der Waals surface area contributed by atoms with E-state index in [2.05, 4.69) is 27.3 Å². The van der Waals surface area contributed by atoms with Gasteiger partial charge in [0.25, 0.3) is 5.91 Å². The molecule has 1 aromatic heterocycles. The summed E-state index contributed by atoms with van der Waals surface area (Å²) >= 11 is 0. The summed E-state index contributed by atoms with van der Waals surface area (Å²) in [6.07, 6.45) is 4.16. The summed E-state index contributed by atoms with van der Waals surface area (Å²) < 4.78 is 15.4. The first-order valence-corrected chi connectivity index (χ1v) is 11.4. The molecule has 2 aliphatic rings. The van der Waals surface area contributed by atoms with Crippen LogP contribution < -0.4 is 0 Å². The molecule has 33 heavy (non-hydrogen) atoms. The minimum absolute atomic E-state index is 0. The van der Waals surface area contributed by atoms with Crippen molar-refractivity contribution in [2.45, 2.75) is 45.7 Å². The summed E-state index contributed by atoms with van der Waals surface area (Å²) in [4.78, 5) is 17.2. The van der Waals surface area contributed by atoms with Gasteiger partial charge in [0.05, 0.1) is 11.4 Å². The van der Waals surface area contributed by atoms with Crippen molar-refractivity contribution in [1.29, 1.82) is 0 Å². The number of carbonyl (C=O) groups excluding carboxylic acids is 1. The van der Waals surface area contributed by atoms with Crippen LogP contribution >= 0.6 is 12.4 Å². The molecule has 0 atom stereocenters. The normalized spacial score (nSPS) is 16.2. The van der Waals surface area contributed by atoms with E-state index in [4.69, 9.17) is 0 Å². The van der Waals surface area contributed by atoms with Crippen molar-refractivity contribution >= 4 is 18.3 Å². The van der Waals surface area contributed by atoms with Gasteiger partial charge in [-0.05, 0) is 67.5 Å². The molecule has 0 bridgehead atoms. The first-order valence-electron chi connectivity index (χ1n) is 11.4. The maximum atomic E-state index is 13.6. The number of fused-ring (bicyclic) bond motifs is 1. The number of carbonyl (C=O) groups is 1. The maximum absolute atomic E-state index is 13.6. The molecule has 0 spiro atoms. The van der Waals surface area contributed by atoms with Crippen LogP contribution in [0.5, 0.6) is 0 Å². The number of aromatic nitrogens is 3. The predicted octanol–water partition coefficient (Wildman–Crippen LogP) is 4.32. The van der Waals surface area contributed by atoms with Crippen LogP contribution in [0.25, 0.3) is 5.69 Å². The molecule has 0 unspecified atom stereocenters. The van der Waals surface area contributed by atoms with E-state index in [1.807, 2.05) is 28.6 Å². The van der Waals surface area contributed by atoms with E-state index < -0.39 is 0 Å². The average molecular weight is 470 g/mol. The molecular formula is C25H29ClFN5O. The van der Waals surface area contributed by atoms with E-state index in [-0.39, 0.29) is 24.1 Å². The second-order valence-corrected chi connectivity index (χ2v) is 8.79. The van der Waals surface area contributed by atoms with E-state index >= 15 is 0 Å². The fraction of sp³-hybridized carbons (Fsp3) is 0.400. The van der Waals surface area contributed by atoms with Crippen molar-refractivity contribution < 1.29 is 9.18 Å². The number of benzene rings is 2. The van der Waals surface area contributed by atoms with Crippen molar-refractivity contribution in [2.24, 2.45) is 0 Å². The first kappa shape index (κ1) is 23.4. The topological polar surface area (TPSA) is 54.3 Å². The third-order valence-corrected chi connectivity index (χ3v) is 6.58. The third kappa shape index (κ3) is 4.80. The van der Waals surface area contributed by atoms with E-state index in [0.29, 0.717) is 5.69 Å². The van der Waals surface area contributed by atoms with Gasteiger partial charge < -0.3 is 4.90 Å². The summed E-state index contributed by atoms with van der Waals surface area (Å²) in [5, 5.41) is 8.64. The van der Waals surface area contributed by atoms with Gasteiger partial charge in [-0.1, -0.05) is 29.5 Å². The van der Waals surface area contributed by atoms with Gasteiger partial charge in [-0.2, -0.15) is 0 Å². The monoisotopic (exact) mass is 469 g/mol. The summed E-state index contributed by atoms with van der Waals surface area (Å²) in [5.41, 5.74) is 5.70. The van der Waals surface area contributed by atoms with Crippen LogP contribution in [-0.2, 0) is 19.5 Å². The molecule has 1 saturated heterocycles. The number of hydrogen-bond acceptors (Lipinski definition) is 4. The fourth-order valence-electron chi connectivity index (χ4n) is 4.88. The van der Waals surface area contributed by atoms with Crippen LogP contribution in [0.2, 0.25) is 0 Å². The Kier molecular flexibility index (Phi) is 7.10. The van der Waals surface area contributed by atoms with Gasteiger partial charge in [0.15, 0.2) is 5.69 Å². The molecule has 2 aliphatic heterocycles. The molecule has 0 saturated carbocycles. The zero-order valence-electron chi connectivity index (χ0n) is 18.8. The van der Waals surface area contributed by atoms with Crippen LogP contribution in [0.3, 0.4) is 0 Å². The number of rotatable bonds is 4. The van der Waals surface area contributed by atoms with E-state index in [0.717, 1.165) is 68.9 Å². The molecule has 3 heterocycles. The van der Waals surface area contributed by atoms with E-state index in [1.54, 1.807) is 12.1 Å². The largest absolute Gasteiger partial charge is 0.337 e. The van der Waals surface area contributed by atoms with Crippen LogP contribution in [0.15, 0.2) is 42.5 Å². The molecule has 3 aromatic rings. The summed E-state index contributed by atoms with van der Waals surface area (Å²) in [6, 6.07) is 13.0. The molecule has 6 nitrogen and oxygen atoms in total. The molecule has 0 aliphatic carbocycles. The van der Waals surface area contributed by atoms with Gasteiger partial charge >= 0.3 is 0 Å². The Hall–Kier alpha value is -2.77. The lowest BCUT2D eigenvalue weighted by Crippen LogP contribution is -2.36. The number of amides is 1. The van der Waals surface area contributed by atoms with E-state index in [9.17, 15) is 9.18 Å². The van der Waals surface area contributed by atoms with Crippen LogP contribution in [0.4, 0.5) is 4.39 Å². The summed E-state index contributed by atoms with van der Waals surface area (Å²) in [5.74, 6) is -0.210. The third-order valence-electron chi connectivity index (χ3n) is 6.58. The van der Waals surface area contributed by atoms with Crippen molar-refractivity contribution in [3.63, 3.8) is 0 Å². The smallest absolute Gasteiger partial charge is 0.276 e. The molecule has 8 heteroatoms. The molecule has 5 rings (SSSR count). The van der Waals surface area contributed by atoms with Gasteiger partial charge in [0.2, 0.25) is 0 Å². The summed E-state index contributed by atoms with van der Waals surface area (Å²) in [6.45, 7) is 5.93. The molecule has 2 aromatic carbocycles. The van der Waals surface area contributed by atoms with Gasteiger partial charge in [-0.3, -0.25) is 9.69 Å². The highest BCUT2D eigenvalue weighted by atomic mass is 35.5. The molecule has 0 radical (unpaired) electrons. The molecule has 1 amide bonds. The second-order valence-electron chi connectivity index (χ2n) is 8.79. The Morgan fingerprint density at radius 3 is 2.64 bits per heavy atom. The fourth-order valence-corrected chi connectivity index (χ4v) is 4.88. The Bertz CT molecular complexity index is 1140. The van der Waals surface area contributed by atoms with Crippen molar-refractivity contribution in [2.75, 3.05) is 19.6 Å².